The highest BCUT2D eigenvalue weighted by atomic mass is 16.5. The Bertz CT molecular complexity index is 550. The molecule has 1 aromatic carbocycles. The molecule has 0 unspecified atom stereocenters. The fraction of sp³-hybridized carbons (Fsp3) is 0. The molecule has 0 aliphatic carbocycles. The summed E-state index contributed by atoms with van der Waals surface area (Å²) in [6.07, 6.45) is 1.21. The van der Waals surface area contributed by atoms with E-state index in [1.165, 1.54) is 24.4 Å². The van der Waals surface area contributed by atoms with Gasteiger partial charge in [0.1, 0.15) is 6.20 Å². The third kappa shape index (κ3) is 2.28. The highest BCUT2D eigenvalue weighted by molar-refractivity contribution is 6.02. The molecule has 0 aliphatic heterocycles. The van der Waals surface area contributed by atoms with Crippen LogP contribution in [0.2, 0.25) is 0 Å². The molecule has 1 heterocycles. The van der Waals surface area contributed by atoms with Crippen molar-refractivity contribution in [2.45, 2.75) is 0 Å². The van der Waals surface area contributed by atoms with Crippen molar-refractivity contribution in [3.63, 3.8) is 0 Å². The number of hydrogen-bond donors (Lipinski definition) is 2. The Morgan fingerprint density at radius 3 is 2.53 bits per heavy atom. The van der Waals surface area contributed by atoms with E-state index in [9.17, 15) is 9.59 Å². The standard InChI is InChI=1S/C10H7N3O4/c14-9(15)6-3-1-2-4-7(6)10(16)17-8-5-11-13-12-8/h1-5H,(H,14,15)(H,11,12,13). The van der Waals surface area contributed by atoms with E-state index in [4.69, 9.17) is 9.84 Å². The van der Waals surface area contributed by atoms with Crippen LogP contribution in [0.25, 0.3) is 0 Å². The number of carboxylic acids is 1. The molecule has 17 heavy (non-hydrogen) atoms. The number of rotatable bonds is 3. The molecule has 0 radical (unpaired) electrons. The Morgan fingerprint density at radius 1 is 1.24 bits per heavy atom. The van der Waals surface area contributed by atoms with Crippen LogP contribution in [0.15, 0.2) is 30.5 Å². The number of carboxylic acid groups (broad SMARTS) is 1. The summed E-state index contributed by atoms with van der Waals surface area (Å²) in [5, 5.41) is 18.2. The number of H-pyrrole nitrogens is 1. The average Bonchev–Trinajstić information content (AvgIpc) is 2.81. The summed E-state index contributed by atoms with van der Waals surface area (Å²) >= 11 is 0. The lowest BCUT2D eigenvalue weighted by molar-refractivity contribution is 0.0665. The minimum atomic E-state index is -1.20. The van der Waals surface area contributed by atoms with Gasteiger partial charge in [0.05, 0.1) is 11.1 Å². The largest absolute Gasteiger partial charge is 0.478 e. The highest BCUT2D eigenvalue weighted by Crippen LogP contribution is 2.12. The van der Waals surface area contributed by atoms with Gasteiger partial charge in [-0.3, -0.25) is 0 Å². The van der Waals surface area contributed by atoms with Crippen molar-refractivity contribution in [3.05, 3.63) is 41.6 Å². The van der Waals surface area contributed by atoms with Crippen LogP contribution >= 0.6 is 0 Å². The fourth-order valence-electron chi connectivity index (χ4n) is 1.24. The van der Waals surface area contributed by atoms with Crippen molar-refractivity contribution >= 4 is 11.9 Å². The van der Waals surface area contributed by atoms with Gasteiger partial charge >= 0.3 is 11.9 Å². The van der Waals surface area contributed by atoms with E-state index in [-0.39, 0.29) is 17.0 Å². The van der Waals surface area contributed by atoms with Crippen LogP contribution < -0.4 is 4.74 Å². The Kier molecular flexibility index (Phi) is 2.82. The minimum Gasteiger partial charge on any atom is -0.478 e. The number of aromatic amines is 1. The summed E-state index contributed by atoms with van der Waals surface area (Å²) in [6.45, 7) is 0. The Balaban J connectivity index is 2.28. The molecular formula is C10H7N3O4. The molecule has 1 aromatic heterocycles. The number of carbonyl (C=O) groups is 2. The average molecular weight is 233 g/mol. The highest BCUT2D eigenvalue weighted by Gasteiger charge is 2.18. The summed E-state index contributed by atoms with van der Waals surface area (Å²) in [4.78, 5) is 22.6. The van der Waals surface area contributed by atoms with Crippen molar-refractivity contribution in [1.29, 1.82) is 0 Å². The zero-order chi connectivity index (χ0) is 12.3. The van der Waals surface area contributed by atoms with Crippen molar-refractivity contribution < 1.29 is 19.4 Å². The molecular weight excluding hydrogens is 226 g/mol. The summed E-state index contributed by atoms with van der Waals surface area (Å²) in [5.41, 5.74) is -0.163. The minimum absolute atomic E-state index is 0.0183. The van der Waals surface area contributed by atoms with Crippen LogP contribution in [0.4, 0.5) is 0 Å². The van der Waals surface area contributed by atoms with E-state index in [2.05, 4.69) is 15.4 Å². The van der Waals surface area contributed by atoms with Gasteiger partial charge in [-0.15, -0.1) is 5.10 Å². The monoisotopic (exact) mass is 233 g/mol. The number of carbonyl (C=O) groups excluding carboxylic acids is 1. The van der Waals surface area contributed by atoms with Crippen molar-refractivity contribution in [3.8, 4) is 5.88 Å². The first kappa shape index (κ1) is 10.8. The summed E-state index contributed by atoms with van der Waals surface area (Å²) < 4.78 is 4.82. The number of aromatic carboxylic acids is 1. The quantitative estimate of drug-likeness (QED) is 0.757. The van der Waals surface area contributed by atoms with E-state index >= 15 is 0 Å². The number of hydrogen-bond acceptors (Lipinski definition) is 5. The van der Waals surface area contributed by atoms with Crippen LogP contribution in [0.5, 0.6) is 5.88 Å². The van der Waals surface area contributed by atoms with Gasteiger partial charge in [-0.05, 0) is 12.1 Å². The maximum Gasteiger partial charge on any atom is 0.345 e. The molecule has 0 fully saturated rings. The molecule has 0 bridgehead atoms. The lowest BCUT2D eigenvalue weighted by atomic mass is 10.1. The molecule has 0 aliphatic rings. The van der Waals surface area contributed by atoms with E-state index in [1.54, 1.807) is 6.07 Å². The topological polar surface area (TPSA) is 105 Å². The molecule has 2 aromatic rings. The first-order valence-electron chi connectivity index (χ1n) is 4.59. The second-order valence-corrected chi connectivity index (χ2v) is 3.05. The number of esters is 1. The molecule has 0 saturated carbocycles. The van der Waals surface area contributed by atoms with Crippen LogP contribution in [-0.2, 0) is 0 Å². The molecule has 86 valence electrons. The van der Waals surface area contributed by atoms with E-state index in [1.807, 2.05) is 0 Å². The maximum absolute atomic E-state index is 11.7. The second-order valence-electron chi connectivity index (χ2n) is 3.05. The van der Waals surface area contributed by atoms with Crippen LogP contribution in [-0.4, -0.2) is 32.5 Å². The van der Waals surface area contributed by atoms with E-state index in [0.717, 1.165) is 0 Å². The lowest BCUT2D eigenvalue weighted by Crippen LogP contribution is -2.14. The smallest absolute Gasteiger partial charge is 0.345 e. The van der Waals surface area contributed by atoms with Gasteiger partial charge in [0.2, 0.25) is 0 Å². The SMILES string of the molecule is O=C(O)c1ccccc1C(=O)Oc1cn[nH]n1. The maximum atomic E-state index is 11.7. The zero-order valence-corrected chi connectivity index (χ0v) is 8.45. The van der Waals surface area contributed by atoms with Crippen LogP contribution in [0, 0.1) is 0 Å². The van der Waals surface area contributed by atoms with Crippen LogP contribution in [0.3, 0.4) is 0 Å². The third-order valence-electron chi connectivity index (χ3n) is 1.97. The Hall–Kier alpha value is -2.70. The molecule has 0 atom stereocenters. The molecule has 7 heteroatoms. The number of nitrogens with one attached hydrogen (secondary N) is 1. The van der Waals surface area contributed by atoms with Crippen molar-refractivity contribution in [2.24, 2.45) is 0 Å². The lowest BCUT2D eigenvalue weighted by Gasteiger charge is -2.03. The predicted molar refractivity (Wildman–Crippen MR) is 54.7 cm³/mol. The first-order valence-corrected chi connectivity index (χ1v) is 4.59. The normalized spacial score (nSPS) is 9.88. The van der Waals surface area contributed by atoms with Crippen LogP contribution in [0.1, 0.15) is 20.7 Å². The zero-order valence-electron chi connectivity index (χ0n) is 8.45. The Morgan fingerprint density at radius 2 is 1.94 bits per heavy atom. The van der Waals surface area contributed by atoms with Gasteiger partial charge in [0, 0.05) is 0 Å². The van der Waals surface area contributed by atoms with Gasteiger partial charge in [0.15, 0.2) is 0 Å². The van der Waals surface area contributed by atoms with Gasteiger partial charge < -0.3 is 9.84 Å². The summed E-state index contributed by atoms with van der Waals surface area (Å²) in [5.74, 6) is -2.01. The summed E-state index contributed by atoms with van der Waals surface area (Å²) in [6, 6.07) is 5.76. The summed E-state index contributed by atoms with van der Waals surface area (Å²) in [7, 11) is 0. The van der Waals surface area contributed by atoms with Gasteiger partial charge in [0.25, 0.3) is 5.88 Å². The molecule has 0 spiro atoms. The second kappa shape index (κ2) is 4.44. The van der Waals surface area contributed by atoms with Gasteiger partial charge in [-0.1, -0.05) is 12.1 Å². The molecule has 0 amide bonds. The number of benzene rings is 1. The van der Waals surface area contributed by atoms with Gasteiger partial charge in [-0.25, -0.2) is 9.59 Å². The Labute approximate surface area is 95.0 Å². The molecule has 7 nitrogen and oxygen atoms in total. The fourth-order valence-corrected chi connectivity index (χ4v) is 1.24. The molecule has 2 N–H and O–H groups in total. The number of nitrogens with zero attached hydrogens (tertiary/aromatic N) is 2. The molecule has 2 rings (SSSR count). The third-order valence-corrected chi connectivity index (χ3v) is 1.97. The van der Waals surface area contributed by atoms with Crippen molar-refractivity contribution in [2.75, 3.05) is 0 Å². The van der Waals surface area contributed by atoms with E-state index < -0.39 is 11.9 Å². The predicted octanol–water partition coefficient (Wildman–Crippen LogP) is 0.722. The number of ether oxygens (including phenoxy) is 1. The molecule has 0 saturated heterocycles. The van der Waals surface area contributed by atoms with Gasteiger partial charge in [-0.2, -0.15) is 10.3 Å². The number of aromatic nitrogens is 3. The first-order chi connectivity index (χ1) is 8.18. The van der Waals surface area contributed by atoms with E-state index in [0.29, 0.717) is 0 Å². The van der Waals surface area contributed by atoms with Crippen molar-refractivity contribution in [1.82, 2.24) is 15.4 Å².